The van der Waals surface area contributed by atoms with E-state index in [4.69, 9.17) is 4.74 Å². The Kier molecular flexibility index (Phi) is 5.48. The van der Waals surface area contributed by atoms with Gasteiger partial charge >= 0.3 is 0 Å². The third-order valence-corrected chi connectivity index (χ3v) is 4.93. The average molecular weight is 370 g/mol. The Balaban J connectivity index is 1.61. The summed E-state index contributed by atoms with van der Waals surface area (Å²) < 4.78 is 6.89. The van der Waals surface area contributed by atoms with Crippen LogP contribution >= 0.6 is 0 Å². The van der Waals surface area contributed by atoms with Gasteiger partial charge in [0.05, 0.1) is 19.3 Å². The molecular formula is C20H26N4O3. The smallest absolute Gasteiger partial charge is 0.247 e. The Morgan fingerprint density at radius 3 is 2.48 bits per heavy atom. The van der Waals surface area contributed by atoms with Gasteiger partial charge < -0.3 is 14.5 Å². The molecule has 7 heteroatoms. The number of carbonyl (C=O) groups excluding carboxylic acids is 2. The van der Waals surface area contributed by atoms with Gasteiger partial charge in [-0.05, 0) is 44.5 Å². The van der Waals surface area contributed by atoms with Crippen molar-refractivity contribution >= 4 is 11.8 Å². The van der Waals surface area contributed by atoms with E-state index in [1.165, 1.54) is 0 Å². The maximum Gasteiger partial charge on any atom is 0.247 e. The predicted molar refractivity (Wildman–Crippen MR) is 101 cm³/mol. The second kappa shape index (κ2) is 7.82. The molecule has 0 aliphatic carbocycles. The van der Waals surface area contributed by atoms with Gasteiger partial charge in [0.1, 0.15) is 11.8 Å². The number of nitrogens with zero attached hydrogens (tertiary/aromatic N) is 4. The predicted octanol–water partition coefficient (Wildman–Crippen LogP) is 1.94. The lowest BCUT2D eigenvalue weighted by molar-refractivity contribution is -0.147. The quantitative estimate of drug-likeness (QED) is 0.807. The van der Waals surface area contributed by atoms with Crippen LogP contribution in [0, 0.1) is 13.8 Å². The summed E-state index contributed by atoms with van der Waals surface area (Å²) in [5.74, 6) is 0.684. The normalized spacial score (nSPS) is 15.8. The van der Waals surface area contributed by atoms with Crippen LogP contribution < -0.4 is 4.74 Å². The summed E-state index contributed by atoms with van der Waals surface area (Å²) in [7, 11) is 1.63. The minimum absolute atomic E-state index is 0.0361. The van der Waals surface area contributed by atoms with Crippen molar-refractivity contribution < 1.29 is 14.3 Å². The van der Waals surface area contributed by atoms with Crippen LogP contribution in [0.3, 0.4) is 0 Å². The Morgan fingerprint density at radius 1 is 1.22 bits per heavy atom. The molecule has 0 N–H and O–H groups in total. The number of ether oxygens (including phenoxy) is 1. The van der Waals surface area contributed by atoms with E-state index in [-0.39, 0.29) is 18.4 Å². The Bertz CT molecular complexity index is 828. The lowest BCUT2D eigenvalue weighted by Gasteiger charge is -2.35. The highest BCUT2D eigenvalue weighted by Gasteiger charge is 2.30. The van der Waals surface area contributed by atoms with Crippen molar-refractivity contribution in [3.63, 3.8) is 0 Å². The molecule has 2 aromatic rings. The number of aryl methyl sites for hydroxylation is 2. The molecule has 1 aliphatic rings. The largest absolute Gasteiger partial charge is 0.497 e. The number of rotatable bonds is 5. The van der Waals surface area contributed by atoms with Crippen molar-refractivity contribution in [1.82, 2.24) is 19.6 Å². The average Bonchev–Trinajstić information content (AvgIpc) is 3.01. The number of aromatic nitrogens is 2. The molecule has 144 valence electrons. The molecule has 0 spiro atoms. The van der Waals surface area contributed by atoms with Gasteiger partial charge in [-0.25, -0.2) is 0 Å². The van der Waals surface area contributed by atoms with E-state index >= 15 is 0 Å². The molecule has 1 atom stereocenters. The molecule has 2 heterocycles. The summed E-state index contributed by atoms with van der Waals surface area (Å²) in [4.78, 5) is 28.8. The molecule has 1 aliphatic heterocycles. The van der Waals surface area contributed by atoms with Crippen molar-refractivity contribution in [3.8, 4) is 5.75 Å². The Hall–Kier alpha value is -2.83. The summed E-state index contributed by atoms with van der Waals surface area (Å²) in [6.45, 7) is 7.38. The van der Waals surface area contributed by atoms with E-state index in [9.17, 15) is 9.59 Å². The highest BCUT2D eigenvalue weighted by Crippen LogP contribution is 2.18. The van der Waals surface area contributed by atoms with E-state index < -0.39 is 6.04 Å². The van der Waals surface area contributed by atoms with Gasteiger partial charge in [0.2, 0.25) is 11.8 Å². The molecule has 0 radical (unpaired) electrons. The second-order valence-electron chi connectivity index (χ2n) is 6.97. The van der Waals surface area contributed by atoms with Crippen molar-refractivity contribution in [2.75, 3.05) is 26.7 Å². The van der Waals surface area contributed by atoms with Crippen LogP contribution in [0.2, 0.25) is 0 Å². The number of hydrogen-bond donors (Lipinski definition) is 0. The minimum atomic E-state index is -0.417. The van der Waals surface area contributed by atoms with Gasteiger partial charge in [0.25, 0.3) is 0 Å². The van der Waals surface area contributed by atoms with Gasteiger partial charge in [-0.15, -0.1) is 0 Å². The molecule has 0 unspecified atom stereocenters. The molecular weight excluding hydrogens is 344 g/mol. The van der Waals surface area contributed by atoms with Crippen LogP contribution in [0.5, 0.6) is 5.75 Å². The lowest BCUT2D eigenvalue weighted by Crippen LogP contribution is -2.53. The molecule has 1 fully saturated rings. The van der Waals surface area contributed by atoms with Crippen LogP contribution in [0.4, 0.5) is 0 Å². The molecule has 0 saturated carbocycles. The monoisotopic (exact) mass is 370 g/mol. The van der Waals surface area contributed by atoms with Crippen LogP contribution in [0.15, 0.2) is 30.3 Å². The zero-order chi connectivity index (χ0) is 19.6. The molecule has 1 aromatic heterocycles. The van der Waals surface area contributed by atoms with E-state index in [0.717, 1.165) is 22.7 Å². The SMILES string of the molecule is COc1ccc(CN2CCN(C(=O)[C@@H](C)n3nc(C)cc3C)CC2=O)cc1. The number of piperazine rings is 1. The van der Waals surface area contributed by atoms with Gasteiger partial charge in [0.15, 0.2) is 0 Å². The van der Waals surface area contributed by atoms with Crippen LogP contribution in [0.25, 0.3) is 0 Å². The van der Waals surface area contributed by atoms with Gasteiger partial charge in [0, 0.05) is 25.3 Å². The van der Waals surface area contributed by atoms with E-state index in [1.807, 2.05) is 51.1 Å². The summed E-state index contributed by atoms with van der Waals surface area (Å²) in [6.07, 6.45) is 0. The number of methoxy groups -OCH3 is 1. The standard InChI is InChI=1S/C20H26N4O3/c1-14-11-15(2)24(21-14)16(3)20(26)23-10-9-22(19(25)13-23)12-17-5-7-18(27-4)8-6-17/h5-8,11,16H,9-10,12-13H2,1-4H3/t16-/m1/s1. The summed E-state index contributed by atoms with van der Waals surface area (Å²) in [5, 5.41) is 4.39. The van der Waals surface area contributed by atoms with Crippen LogP contribution in [0.1, 0.15) is 29.9 Å². The van der Waals surface area contributed by atoms with Crippen molar-refractivity contribution in [3.05, 3.63) is 47.3 Å². The number of amides is 2. The molecule has 1 aromatic carbocycles. The van der Waals surface area contributed by atoms with Crippen molar-refractivity contribution in [2.45, 2.75) is 33.4 Å². The highest BCUT2D eigenvalue weighted by molar-refractivity contribution is 5.87. The van der Waals surface area contributed by atoms with Gasteiger partial charge in [-0.1, -0.05) is 12.1 Å². The fourth-order valence-corrected chi connectivity index (χ4v) is 3.42. The van der Waals surface area contributed by atoms with E-state index in [0.29, 0.717) is 19.6 Å². The summed E-state index contributed by atoms with van der Waals surface area (Å²) in [5.41, 5.74) is 2.87. The number of benzene rings is 1. The topological polar surface area (TPSA) is 67.7 Å². The maximum absolute atomic E-state index is 12.8. The lowest BCUT2D eigenvalue weighted by atomic mass is 10.1. The number of carbonyl (C=O) groups is 2. The molecule has 7 nitrogen and oxygen atoms in total. The summed E-state index contributed by atoms with van der Waals surface area (Å²) >= 11 is 0. The van der Waals surface area contributed by atoms with E-state index in [2.05, 4.69) is 5.10 Å². The van der Waals surface area contributed by atoms with E-state index in [1.54, 1.807) is 21.6 Å². The van der Waals surface area contributed by atoms with Crippen LogP contribution in [-0.4, -0.2) is 58.1 Å². The minimum Gasteiger partial charge on any atom is -0.497 e. The van der Waals surface area contributed by atoms with Gasteiger partial charge in [-0.3, -0.25) is 14.3 Å². The third-order valence-electron chi connectivity index (χ3n) is 4.93. The molecule has 1 saturated heterocycles. The molecule has 0 bridgehead atoms. The Labute approximate surface area is 159 Å². The van der Waals surface area contributed by atoms with Crippen molar-refractivity contribution in [2.24, 2.45) is 0 Å². The third kappa shape index (κ3) is 4.13. The molecule has 3 rings (SSSR count). The summed E-state index contributed by atoms with van der Waals surface area (Å²) in [6, 6.07) is 9.20. The van der Waals surface area contributed by atoms with Crippen molar-refractivity contribution in [1.29, 1.82) is 0 Å². The maximum atomic E-state index is 12.8. The first kappa shape index (κ1) is 18.9. The first-order valence-corrected chi connectivity index (χ1v) is 9.11. The zero-order valence-corrected chi connectivity index (χ0v) is 16.3. The fraction of sp³-hybridized carbons (Fsp3) is 0.450. The molecule has 2 amide bonds. The number of hydrogen-bond acceptors (Lipinski definition) is 4. The van der Waals surface area contributed by atoms with Crippen LogP contribution in [-0.2, 0) is 16.1 Å². The van der Waals surface area contributed by atoms with Gasteiger partial charge in [-0.2, -0.15) is 5.10 Å². The highest BCUT2D eigenvalue weighted by atomic mass is 16.5. The zero-order valence-electron chi connectivity index (χ0n) is 16.3. The molecule has 27 heavy (non-hydrogen) atoms. The first-order chi connectivity index (χ1) is 12.9. The fourth-order valence-electron chi connectivity index (χ4n) is 3.42. The second-order valence-corrected chi connectivity index (χ2v) is 6.97. The Morgan fingerprint density at radius 2 is 1.93 bits per heavy atom. The first-order valence-electron chi connectivity index (χ1n) is 9.11.